The molecule has 0 aliphatic carbocycles. The van der Waals surface area contributed by atoms with Crippen LogP contribution in [0, 0.1) is 10.1 Å². The molecule has 0 radical (unpaired) electrons. The Labute approximate surface area is 143 Å². The maximum absolute atomic E-state index is 11.9. The summed E-state index contributed by atoms with van der Waals surface area (Å²) in [5, 5.41) is 16.8. The van der Waals surface area contributed by atoms with E-state index >= 15 is 0 Å². The third-order valence-corrected chi connectivity index (χ3v) is 3.31. The zero-order valence-corrected chi connectivity index (χ0v) is 13.4. The minimum absolute atomic E-state index is 0.0933. The SMILES string of the molecule is CCc1ccccc1NC(=O)C(=O)NN=Cc1cccc([N+](=O)[O-])c1. The molecule has 2 rings (SSSR count). The first-order valence-corrected chi connectivity index (χ1v) is 7.48. The topological polar surface area (TPSA) is 114 Å². The third-order valence-electron chi connectivity index (χ3n) is 3.31. The van der Waals surface area contributed by atoms with Crippen LogP contribution in [0.25, 0.3) is 0 Å². The van der Waals surface area contributed by atoms with E-state index in [1.165, 1.54) is 24.4 Å². The summed E-state index contributed by atoms with van der Waals surface area (Å²) in [5.41, 5.74) is 3.88. The standard InChI is InChI=1S/C17H16N4O4/c1-2-13-7-3-4-9-15(13)19-16(22)17(23)20-18-11-12-6-5-8-14(10-12)21(24)25/h3-11H,2H2,1H3,(H,19,22)(H,20,23). The van der Waals surface area contributed by atoms with Crippen molar-refractivity contribution in [3.8, 4) is 0 Å². The van der Waals surface area contributed by atoms with Gasteiger partial charge in [0.2, 0.25) is 0 Å². The molecule has 0 atom stereocenters. The summed E-state index contributed by atoms with van der Waals surface area (Å²) in [5.74, 6) is -1.79. The number of nitro groups is 1. The number of amides is 2. The first-order valence-electron chi connectivity index (χ1n) is 7.48. The summed E-state index contributed by atoms with van der Waals surface area (Å²) in [7, 11) is 0. The van der Waals surface area contributed by atoms with E-state index < -0.39 is 16.7 Å². The Hall–Kier alpha value is -3.55. The molecule has 0 spiro atoms. The van der Waals surface area contributed by atoms with Gasteiger partial charge in [0.15, 0.2) is 0 Å². The Kier molecular flexibility index (Phi) is 5.94. The van der Waals surface area contributed by atoms with Gasteiger partial charge in [-0.3, -0.25) is 19.7 Å². The summed E-state index contributed by atoms with van der Waals surface area (Å²) in [4.78, 5) is 33.8. The molecule has 0 saturated carbocycles. The number of hydrogen-bond acceptors (Lipinski definition) is 5. The molecular weight excluding hydrogens is 324 g/mol. The van der Waals surface area contributed by atoms with Gasteiger partial charge in [-0.15, -0.1) is 0 Å². The molecule has 2 N–H and O–H groups in total. The molecule has 0 aliphatic rings. The van der Waals surface area contributed by atoms with Crippen molar-refractivity contribution in [2.75, 3.05) is 5.32 Å². The number of benzene rings is 2. The second kappa shape index (κ2) is 8.34. The van der Waals surface area contributed by atoms with Crippen LogP contribution in [0.4, 0.5) is 11.4 Å². The predicted octanol–water partition coefficient (Wildman–Crippen LogP) is 2.25. The molecule has 2 aromatic rings. The Bertz CT molecular complexity index is 833. The summed E-state index contributed by atoms with van der Waals surface area (Å²) < 4.78 is 0. The van der Waals surface area contributed by atoms with Crippen LogP contribution in [0.5, 0.6) is 0 Å². The van der Waals surface area contributed by atoms with E-state index in [9.17, 15) is 19.7 Å². The number of aryl methyl sites for hydroxylation is 1. The highest BCUT2D eigenvalue weighted by atomic mass is 16.6. The molecule has 0 aromatic heterocycles. The number of carbonyl (C=O) groups is 2. The quantitative estimate of drug-likeness (QED) is 0.376. The number of para-hydroxylation sites is 1. The number of hydrogen-bond donors (Lipinski definition) is 2. The molecule has 25 heavy (non-hydrogen) atoms. The lowest BCUT2D eigenvalue weighted by molar-refractivity contribution is -0.384. The number of nitrogens with zero attached hydrogens (tertiary/aromatic N) is 2. The highest BCUT2D eigenvalue weighted by Crippen LogP contribution is 2.15. The van der Waals surface area contributed by atoms with Gasteiger partial charge in [-0.1, -0.05) is 37.3 Å². The molecule has 0 unspecified atom stereocenters. The number of non-ortho nitro benzene ring substituents is 1. The number of anilines is 1. The van der Waals surface area contributed by atoms with Gasteiger partial charge in [0.25, 0.3) is 5.69 Å². The first kappa shape index (κ1) is 17.8. The fraction of sp³-hybridized carbons (Fsp3) is 0.118. The molecule has 128 valence electrons. The number of hydrazone groups is 1. The van der Waals surface area contributed by atoms with Gasteiger partial charge < -0.3 is 5.32 Å². The van der Waals surface area contributed by atoms with Gasteiger partial charge in [0.05, 0.1) is 11.1 Å². The van der Waals surface area contributed by atoms with E-state index in [1.54, 1.807) is 18.2 Å². The molecule has 0 aliphatic heterocycles. The van der Waals surface area contributed by atoms with Crippen molar-refractivity contribution in [2.45, 2.75) is 13.3 Å². The molecular formula is C17H16N4O4. The fourth-order valence-electron chi connectivity index (χ4n) is 2.06. The zero-order valence-electron chi connectivity index (χ0n) is 13.4. The van der Waals surface area contributed by atoms with Crippen molar-refractivity contribution in [1.82, 2.24) is 5.43 Å². The van der Waals surface area contributed by atoms with Crippen molar-refractivity contribution in [3.05, 3.63) is 69.8 Å². The van der Waals surface area contributed by atoms with Crippen LogP contribution in [-0.4, -0.2) is 23.0 Å². The molecule has 0 saturated heterocycles. The summed E-state index contributed by atoms with van der Waals surface area (Å²) in [6.07, 6.45) is 1.93. The Morgan fingerprint density at radius 3 is 2.64 bits per heavy atom. The zero-order chi connectivity index (χ0) is 18.2. The minimum atomic E-state index is -0.937. The Morgan fingerprint density at radius 2 is 1.92 bits per heavy atom. The second-order valence-electron chi connectivity index (χ2n) is 5.02. The number of nitro benzene ring substituents is 1. The molecule has 0 bridgehead atoms. The van der Waals surface area contributed by atoms with Crippen LogP contribution in [0.1, 0.15) is 18.1 Å². The fourth-order valence-corrected chi connectivity index (χ4v) is 2.06. The van der Waals surface area contributed by atoms with Gasteiger partial charge in [-0.2, -0.15) is 5.10 Å². The Balaban J connectivity index is 1.96. The van der Waals surface area contributed by atoms with Crippen LogP contribution in [-0.2, 0) is 16.0 Å². The lowest BCUT2D eigenvalue weighted by Crippen LogP contribution is -2.32. The lowest BCUT2D eigenvalue weighted by Gasteiger charge is -2.08. The maximum atomic E-state index is 11.9. The summed E-state index contributed by atoms with van der Waals surface area (Å²) in [6.45, 7) is 1.94. The van der Waals surface area contributed by atoms with Crippen LogP contribution in [0.15, 0.2) is 53.6 Å². The minimum Gasteiger partial charge on any atom is -0.317 e. The molecule has 8 nitrogen and oxygen atoms in total. The number of nitrogens with one attached hydrogen (secondary N) is 2. The number of rotatable bonds is 5. The molecule has 2 amide bonds. The normalized spacial score (nSPS) is 10.4. The average molecular weight is 340 g/mol. The Morgan fingerprint density at radius 1 is 1.16 bits per heavy atom. The van der Waals surface area contributed by atoms with Gasteiger partial charge >= 0.3 is 11.8 Å². The van der Waals surface area contributed by atoms with Crippen molar-refractivity contribution in [3.63, 3.8) is 0 Å². The smallest absolute Gasteiger partial charge is 0.317 e. The highest BCUT2D eigenvalue weighted by Gasteiger charge is 2.14. The van der Waals surface area contributed by atoms with E-state index in [4.69, 9.17) is 0 Å². The van der Waals surface area contributed by atoms with Crippen LogP contribution >= 0.6 is 0 Å². The summed E-state index contributed by atoms with van der Waals surface area (Å²) >= 11 is 0. The van der Waals surface area contributed by atoms with E-state index in [2.05, 4.69) is 15.8 Å². The van der Waals surface area contributed by atoms with Crippen molar-refractivity contribution in [1.29, 1.82) is 0 Å². The van der Waals surface area contributed by atoms with E-state index in [0.717, 1.165) is 5.56 Å². The van der Waals surface area contributed by atoms with Gasteiger partial charge in [0.1, 0.15) is 0 Å². The van der Waals surface area contributed by atoms with Crippen molar-refractivity contribution in [2.24, 2.45) is 5.10 Å². The third kappa shape index (κ3) is 4.96. The average Bonchev–Trinajstić information content (AvgIpc) is 2.62. The monoisotopic (exact) mass is 340 g/mol. The number of carbonyl (C=O) groups excluding carboxylic acids is 2. The first-order chi connectivity index (χ1) is 12.0. The maximum Gasteiger partial charge on any atom is 0.329 e. The molecule has 2 aromatic carbocycles. The molecule has 8 heteroatoms. The van der Waals surface area contributed by atoms with Crippen molar-refractivity contribution < 1.29 is 14.5 Å². The van der Waals surface area contributed by atoms with Crippen LogP contribution < -0.4 is 10.7 Å². The van der Waals surface area contributed by atoms with Crippen molar-refractivity contribution >= 4 is 29.4 Å². The highest BCUT2D eigenvalue weighted by molar-refractivity contribution is 6.39. The van der Waals surface area contributed by atoms with E-state index in [0.29, 0.717) is 17.7 Å². The molecule has 0 fully saturated rings. The second-order valence-corrected chi connectivity index (χ2v) is 5.02. The van der Waals surface area contributed by atoms with E-state index in [1.807, 2.05) is 19.1 Å². The molecule has 0 heterocycles. The lowest BCUT2D eigenvalue weighted by atomic mass is 10.1. The van der Waals surface area contributed by atoms with E-state index in [-0.39, 0.29) is 5.69 Å². The summed E-state index contributed by atoms with van der Waals surface area (Å²) in [6, 6.07) is 12.9. The van der Waals surface area contributed by atoms with Gasteiger partial charge in [0, 0.05) is 23.4 Å². The van der Waals surface area contributed by atoms with Crippen LogP contribution in [0.2, 0.25) is 0 Å². The largest absolute Gasteiger partial charge is 0.329 e. The van der Waals surface area contributed by atoms with Gasteiger partial charge in [-0.25, -0.2) is 5.43 Å². The predicted molar refractivity (Wildman–Crippen MR) is 93.3 cm³/mol. The van der Waals surface area contributed by atoms with Gasteiger partial charge in [-0.05, 0) is 18.1 Å². The van der Waals surface area contributed by atoms with Crippen LogP contribution in [0.3, 0.4) is 0 Å².